The van der Waals surface area contributed by atoms with Crippen LogP contribution in [0.15, 0.2) is 53.5 Å². The molecule has 2 aliphatic heterocycles. The Bertz CT molecular complexity index is 758. The topological polar surface area (TPSA) is 66.5 Å². The van der Waals surface area contributed by atoms with E-state index in [-0.39, 0.29) is 0 Å². The fourth-order valence-corrected chi connectivity index (χ4v) is 3.98. The van der Waals surface area contributed by atoms with Gasteiger partial charge in [-0.25, -0.2) is 4.98 Å². The number of aliphatic imine (C=N–C) groups is 1. The Morgan fingerprint density at radius 2 is 2.00 bits per heavy atom. The monoisotopic (exact) mass is 349 g/mol. The molecule has 26 heavy (non-hydrogen) atoms. The first kappa shape index (κ1) is 17.2. The van der Waals surface area contributed by atoms with Crippen LogP contribution in [-0.4, -0.2) is 47.8 Å². The highest BCUT2D eigenvalue weighted by molar-refractivity contribution is 5.88. The molecule has 5 nitrogen and oxygen atoms in total. The van der Waals surface area contributed by atoms with Gasteiger partial charge in [-0.15, -0.1) is 0 Å². The Morgan fingerprint density at radius 1 is 1.12 bits per heavy atom. The van der Waals surface area contributed by atoms with E-state index in [0.717, 1.165) is 51.3 Å². The van der Waals surface area contributed by atoms with Crippen LogP contribution < -0.4 is 11.1 Å². The average molecular weight is 349 g/mol. The van der Waals surface area contributed by atoms with Crippen LogP contribution >= 0.6 is 0 Å². The molecule has 0 bridgehead atoms. The lowest BCUT2D eigenvalue weighted by atomic mass is 9.97. The molecule has 2 aromatic rings. The summed E-state index contributed by atoms with van der Waals surface area (Å²) < 4.78 is 0. The molecule has 2 fully saturated rings. The zero-order valence-corrected chi connectivity index (χ0v) is 15.1. The van der Waals surface area contributed by atoms with Crippen molar-refractivity contribution >= 4 is 11.5 Å². The molecule has 1 aromatic carbocycles. The average Bonchev–Trinajstić information content (AvgIpc) is 3.26. The maximum Gasteiger partial charge on any atom is 0.123 e. The second-order valence-electron chi connectivity index (χ2n) is 7.39. The van der Waals surface area contributed by atoms with Crippen molar-refractivity contribution in [2.24, 2.45) is 10.9 Å². The van der Waals surface area contributed by atoms with Crippen LogP contribution in [0.25, 0.3) is 0 Å². The number of hydrogen-bond donors (Lipinski definition) is 2. The minimum absolute atomic E-state index is 0.352. The van der Waals surface area contributed by atoms with Gasteiger partial charge in [0.1, 0.15) is 5.82 Å². The van der Waals surface area contributed by atoms with E-state index in [4.69, 9.17) is 10.7 Å². The highest BCUT2D eigenvalue weighted by Crippen LogP contribution is 2.20. The first-order chi connectivity index (χ1) is 12.8. The van der Waals surface area contributed by atoms with Gasteiger partial charge in [-0.3, -0.25) is 9.89 Å². The van der Waals surface area contributed by atoms with Crippen molar-refractivity contribution in [2.75, 3.05) is 31.9 Å². The number of likely N-dealkylation sites (tertiary alicyclic amines) is 1. The van der Waals surface area contributed by atoms with Crippen LogP contribution in [0.4, 0.5) is 5.82 Å². The molecule has 4 rings (SSSR count). The molecule has 0 aliphatic carbocycles. The van der Waals surface area contributed by atoms with Gasteiger partial charge in [-0.2, -0.15) is 0 Å². The van der Waals surface area contributed by atoms with Crippen molar-refractivity contribution in [2.45, 2.75) is 25.4 Å². The van der Waals surface area contributed by atoms with E-state index >= 15 is 0 Å². The van der Waals surface area contributed by atoms with Crippen molar-refractivity contribution < 1.29 is 0 Å². The molecule has 5 heteroatoms. The lowest BCUT2D eigenvalue weighted by Gasteiger charge is -2.16. The fraction of sp³-hybridized carbons (Fsp3) is 0.429. The van der Waals surface area contributed by atoms with Crippen LogP contribution in [0.1, 0.15) is 17.7 Å². The summed E-state index contributed by atoms with van der Waals surface area (Å²) in [7, 11) is 0. The van der Waals surface area contributed by atoms with Crippen molar-refractivity contribution in [1.82, 2.24) is 15.2 Å². The van der Waals surface area contributed by atoms with Crippen LogP contribution in [0.2, 0.25) is 0 Å². The number of hydrogen-bond acceptors (Lipinski definition) is 5. The van der Waals surface area contributed by atoms with Gasteiger partial charge >= 0.3 is 0 Å². The van der Waals surface area contributed by atoms with Gasteiger partial charge in [0.25, 0.3) is 0 Å². The molecule has 0 saturated carbocycles. The Morgan fingerprint density at radius 3 is 2.85 bits per heavy atom. The van der Waals surface area contributed by atoms with Gasteiger partial charge in [0.15, 0.2) is 0 Å². The van der Waals surface area contributed by atoms with Gasteiger partial charge in [-0.1, -0.05) is 36.4 Å². The van der Waals surface area contributed by atoms with Gasteiger partial charge < -0.3 is 11.1 Å². The Balaban J connectivity index is 1.36. The molecule has 136 valence electrons. The van der Waals surface area contributed by atoms with Crippen molar-refractivity contribution in [3.63, 3.8) is 0 Å². The van der Waals surface area contributed by atoms with E-state index in [1.54, 1.807) is 0 Å². The molecule has 0 amide bonds. The number of pyridine rings is 1. The van der Waals surface area contributed by atoms with Gasteiger partial charge in [-0.05, 0) is 30.5 Å². The van der Waals surface area contributed by atoms with Crippen LogP contribution in [0, 0.1) is 5.92 Å². The molecule has 0 radical (unpaired) electrons. The Kier molecular flexibility index (Phi) is 5.27. The first-order valence-corrected chi connectivity index (χ1v) is 9.50. The summed E-state index contributed by atoms with van der Waals surface area (Å²) in [6.45, 7) is 5.09. The number of nitrogen functional groups attached to an aromatic ring is 1. The highest BCUT2D eigenvalue weighted by atomic mass is 15.2. The largest absolute Gasteiger partial charge is 0.384 e. The minimum Gasteiger partial charge on any atom is -0.384 e. The van der Waals surface area contributed by atoms with Crippen molar-refractivity contribution in [1.29, 1.82) is 0 Å². The minimum atomic E-state index is 0.352. The van der Waals surface area contributed by atoms with E-state index in [1.165, 1.54) is 11.3 Å². The third kappa shape index (κ3) is 4.29. The summed E-state index contributed by atoms with van der Waals surface area (Å²) in [5, 5.41) is 3.50. The highest BCUT2D eigenvalue weighted by Gasteiger charge is 2.29. The van der Waals surface area contributed by atoms with E-state index in [1.807, 2.05) is 12.1 Å². The predicted molar refractivity (Wildman–Crippen MR) is 106 cm³/mol. The zero-order valence-electron chi connectivity index (χ0n) is 15.1. The summed E-state index contributed by atoms with van der Waals surface area (Å²) in [5.74, 6) is 1.10. The molecule has 0 unspecified atom stereocenters. The second kappa shape index (κ2) is 7.98. The SMILES string of the molecule is Nc1cccc(C[C@H]2CNC[C@@H]2N=C2CCN(Cc3ccccc3)C2)n1. The Labute approximate surface area is 155 Å². The van der Waals surface area contributed by atoms with E-state index < -0.39 is 0 Å². The summed E-state index contributed by atoms with van der Waals surface area (Å²) in [6, 6.07) is 16.9. The van der Waals surface area contributed by atoms with E-state index in [9.17, 15) is 0 Å². The van der Waals surface area contributed by atoms with Crippen LogP contribution in [0.5, 0.6) is 0 Å². The molecule has 2 aliphatic rings. The standard InChI is InChI=1S/C21H27N5/c22-21-8-4-7-18(25-21)11-17-12-23-13-20(17)24-19-9-10-26(15-19)14-16-5-2-1-3-6-16/h1-8,17,20,23H,9-15H2,(H2,22,25)/t17-,20-/m0/s1. The summed E-state index contributed by atoms with van der Waals surface area (Å²) in [5.41, 5.74) is 9.61. The number of anilines is 1. The number of benzene rings is 1. The number of aromatic nitrogens is 1. The van der Waals surface area contributed by atoms with Crippen molar-refractivity contribution in [3.8, 4) is 0 Å². The predicted octanol–water partition coefficient (Wildman–Crippen LogP) is 2.14. The second-order valence-corrected chi connectivity index (χ2v) is 7.39. The number of nitrogens with two attached hydrogens (primary N) is 1. The fourth-order valence-electron chi connectivity index (χ4n) is 3.98. The summed E-state index contributed by atoms with van der Waals surface area (Å²) >= 11 is 0. The lowest BCUT2D eigenvalue weighted by Crippen LogP contribution is -2.23. The molecule has 3 heterocycles. The lowest BCUT2D eigenvalue weighted by molar-refractivity contribution is 0.340. The molecular weight excluding hydrogens is 322 g/mol. The number of rotatable bonds is 5. The van der Waals surface area contributed by atoms with E-state index in [0.29, 0.717) is 17.8 Å². The summed E-state index contributed by atoms with van der Waals surface area (Å²) in [6.07, 6.45) is 2.03. The maximum absolute atomic E-state index is 5.82. The smallest absolute Gasteiger partial charge is 0.123 e. The normalized spacial score (nSPS) is 25.2. The molecule has 1 aromatic heterocycles. The molecule has 2 atom stereocenters. The number of nitrogens with zero attached hydrogens (tertiary/aromatic N) is 3. The molecule has 3 N–H and O–H groups in total. The van der Waals surface area contributed by atoms with E-state index in [2.05, 4.69) is 51.6 Å². The molecular formula is C21H27N5. The third-order valence-corrected chi connectivity index (χ3v) is 5.32. The number of nitrogens with one attached hydrogen (secondary N) is 1. The van der Waals surface area contributed by atoms with Crippen molar-refractivity contribution in [3.05, 3.63) is 59.8 Å². The zero-order chi connectivity index (χ0) is 17.8. The molecule has 0 spiro atoms. The quantitative estimate of drug-likeness (QED) is 0.868. The maximum atomic E-state index is 5.82. The van der Waals surface area contributed by atoms with Crippen LogP contribution in [0.3, 0.4) is 0 Å². The third-order valence-electron chi connectivity index (χ3n) is 5.32. The van der Waals surface area contributed by atoms with Gasteiger partial charge in [0, 0.05) is 50.0 Å². The van der Waals surface area contributed by atoms with Gasteiger partial charge in [0.2, 0.25) is 0 Å². The van der Waals surface area contributed by atoms with Gasteiger partial charge in [0.05, 0.1) is 6.04 Å². The van der Waals surface area contributed by atoms with Crippen LogP contribution in [-0.2, 0) is 13.0 Å². The first-order valence-electron chi connectivity index (χ1n) is 9.50. The molecule has 2 saturated heterocycles. The summed E-state index contributed by atoms with van der Waals surface area (Å²) in [4.78, 5) is 12.1. The Hall–Kier alpha value is -2.24.